The normalized spacial score (nSPS) is 14.1. The van der Waals surface area contributed by atoms with E-state index in [9.17, 15) is 13.2 Å². The second-order valence-electron chi connectivity index (χ2n) is 4.65. The predicted octanol–water partition coefficient (Wildman–Crippen LogP) is 3.07. The molecule has 0 aliphatic heterocycles. The van der Waals surface area contributed by atoms with Crippen LogP contribution in [0.2, 0.25) is 0 Å². The standard InChI is InChI=1S/C12H18F3N3S/c1-8(2)18(6-9-4-3-5-19-9)7-10(11(16)17)12(13,14)15/h3-5,8,10H,6-7H2,1-2H3,(H3,16,17). The van der Waals surface area contributed by atoms with Crippen molar-refractivity contribution in [1.82, 2.24) is 4.90 Å². The minimum atomic E-state index is -4.48. The summed E-state index contributed by atoms with van der Waals surface area (Å²) in [6, 6.07) is 3.70. The molecule has 1 unspecified atom stereocenters. The van der Waals surface area contributed by atoms with Gasteiger partial charge in [-0.15, -0.1) is 11.3 Å². The van der Waals surface area contributed by atoms with Crippen LogP contribution in [-0.2, 0) is 6.54 Å². The van der Waals surface area contributed by atoms with Gasteiger partial charge in [0, 0.05) is 24.0 Å². The zero-order valence-corrected chi connectivity index (χ0v) is 11.7. The molecule has 0 saturated carbocycles. The van der Waals surface area contributed by atoms with Gasteiger partial charge in [-0.05, 0) is 25.3 Å². The minimum absolute atomic E-state index is 0.0497. The molecule has 0 aliphatic rings. The number of hydrogen-bond donors (Lipinski definition) is 2. The van der Waals surface area contributed by atoms with Gasteiger partial charge in [-0.3, -0.25) is 10.3 Å². The Morgan fingerprint density at radius 2 is 2.11 bits per heavy atom. The summed E-state index contributed by atoms with van der Waals surface area (Å²) in [5, 5.41) is 9.01. The SMILES string of the molecule is CC(C)N(Cc1cccs1)CC(C(=N)N)C(F)(F)F. The van der Waals surface area contributed by atoms with Crippen molar-refractivity contribution in [2.75, 3.05) is 6.54 Å². The third-order valence-electron chi connectivity index (χ3n) is 2.86. The molecule has 0 aromatic carbocycles. The van der Waals surface area contributed by atoms with Gasteiger partial charge >= 0.3 is 6.18 Å². The number of rotatable bonds is 6. The molecule has 1 heterocycles. The molecule has 1 aromatic heterocycles. The van der Waals surface area contributed by atoms with Crippen LogP contribution < -0.4 is 5.73 Å². The average Bonchev–Trinajstić information content (AvgIpc) is 2.73. The van der Waals surface area contributed by atoms with E-state index in [4.69, 9.17) is 11.1 Å². The molecule has 19 heavy (non-hydrogen) atoms. The Morgan fingerprint density at radius 1 is 1.47 bits per heavy atom. The summed E-state index contributed by atoms with van der Waals surface area (Å²) >= 11 is 1.50. The maximum atomic E-state index is 12.8. The summed E-state index contributed by atoms with van der Waals surface area (Å²) in [4.78, 5) is 2.68. The number of amidine groups is 1. The van der Waals surface area contributed by atoms with Gasteiger partial charge in [0.05, 0.1) is 0 Å². The van der Waals surface area contributed by atoms with Crippen LogP contribution in [0.15, 0.2) is 17.5 Å². The van der Waals surface area contributed by atoms with Gasteiger partial charge in [0.25, 0.3) is 0 Å². The van der Waals surface area contributed by atoms with Gasteiger partial charge in [0.15, 0.2) is 0 Å². The average molecular weight is 293 g/mol. The first-order chi connectivity index (χ1) is 8.71. The Hall–Kier alpha value is -1.08. The molecule has 0 radical (unpaired) electrons. The van der Waals surface area contributed by atoms with Gasteiger partial charge in [0.1, 0.15) is 11.8 Å². The highest BCUT2D eigenvalue weighted by atomic mass is 32.1. The van der Waals surface area contributed by atoms with Gasteiger partial charge in [0.2, 0.25) is 0 Å². The lowest BCUT2D eigenvalue weighted by molar-refractivity contribution is -0.161. The smallest absolute Gasteiger partial charge is 0.387 e. The predicted molar refractivity (Wildman–Crippen MR) is 71.3 cm³/mol. The van der Waals surface area contributed by atoms with E-state index in [1.807, 2.05) is 31.4 Å². The van der Waals surface area contributed by atoms with Crippen molar-refractivity contribution in [2.45, 2.75) is 32.6 Å². The molecule has 1 aromatic rings. The summed E-state index contributed by atoms with van der Waals surface area (Å²) in [6.07, 6.45) is -4.48. The molecule has 0 spiro atoms. The van der Waals surface area contributed by atoms with Crippen molar-refractivity contribution in [3.63, 3.8) is 0 Å². The lowest BCUT2D eigenvalue weighted by Gasteiger charge is -2.30. The zero-order valence-electron chi connectivity index (χ0n) is 10.9. The van der Waals surface area contributed by atoms with E-state index in [1.165, 1.54) is 11.3 Å². The summed E-state index contributed by atoms with van der Waals surface area (Å²) in [5.41, 5.74) is 5.08. The van der Waals surface area contributed by atoms with Crippen LogP contribution >= 0.6 is 11.3 Å². The van der Waals surface area contributed by atoms with Gasteiger partial charge < -0.3 is 5.73 Å². The third kappa shape index (κ3) is 4.83. The lowest BCUT2D eigenvalue weighted by atomic mass is 10.1. The molecule has 0 aliphatic carbocycles. The number of hydrogen-bond acceptors (Lipinski definition) is 3. The first-order valence-corrected chi connectivity index (χ1v) is 6.76. The van der Waals surface area contributed by atoms with Crippen molar-refractivity contribution in [2.24, 2.45) is 11.7 Å². The van der Waals surface area contributed by atoms with Gasteiger partial charge in [-0.2, -0.15) is 13.2 Å². The molecule has 0 amide bonds. The fourth-order valence-corrected chi connectivity index (χ4v) is 2.40. The van der Waals surface area contributed by atoms with Crippen LogP contribution in [0.3, 0.4) is 0 Å². The molecular weight excluding hydrogens is 275 g/mol. The number of thiophene rings is 1. The Morgan fingerprint density at radius 3 is 2.47 bits per heavy atom. The van der Waals surface area contributed by atoms with Crippen LogP contribution in [0, 0.1) is 11.3 Å². The molecule has 0 saturated heterocycles. The minimum Gasteiger partial charge on any atom is -0.387 e. The molecule has 3 nitrogen and oxygen atoms in total. The molecule has 7 heteroatoms. The Bertz CT molecular complexity index is 401. The number of alkyl halides is 3. The van der Waals surface area contributed by atoms with Crippen LogP contribution in [0.5, 0.6) is 0 Å². The molecule has 0 bridgehead atoms. The van der Waals surface area contributed by atoms with Crippen LogP contribution in [-0.4, -0.2) is 29.5 Å². The maximum Gasteiger partial charge on any atom is 0.399 e. The highest BCUT2D eigenvalue weighted by Gasteiger charge is 2.43. The van der Waals surface area contributed by atoms with E-state index < -0.39 is 17.9 Å². The fraction of sp³-hybridized carbons (Fsp3) is 0.583. The van der Waals surface area contributed by atoms with Crippen LogP contribution in [0.1, 0.15) is 18.7 Å². The summed E-state index contributed by atoms with van der Waals surface area (Å²) in [7, 11) is 0. The Balaban J connectivity index is 2.79. The highest BCUT2D eigenvalue weighted by Crippen LogP contribution is 2.28. The summed E-state index contributed by atoms with van der Waals surface area (Å²) in [5.74, 6) is -2.74. The van der Waals surface area contributed by atoms with Crippen LogP contribution in [0.4, 0.5) is 13.2 Å². The van der Waals surface area contributed by atoms with E-state index in [-0.39, 0.29) is 12.6 Å². The van der Waals surface area contributed by atoms with E-state index in [0.717, 1.165) is 4.88 Å². The first kappa shape index (κ1) is 16.0. The van der Waals surface area contributed by atoms with Crippen LogP contribution in [0.25, 0.3) is 0 Å². The second kappa shape index (κ2) is 6.38. The Kier molecular flexibility index (Phi) is 5.37. The Labute approximate surface area is 114 Å². The first-order valence-electron chi connectivity index (χ1n) is 5.89. The molecule has 1 rings (SSSR count). The third-order valence-corrected chi connectivity index (χ3v) is 3.72. The number of halogens is 3. The molecule has 3 N–H and O–H groups in total. The molecule has 1 atom stereocenters. The molecular formula is C12H18F3N3S. The van der Waals surface area contributed by atoms with Gasteiger partial charge in [-0.25, -0.2) is 0 Å². The number of nitrogens with two attached hydrogens (primary N) is 1. The second-order valence-corrected chi connectivity index (χ2v) is 5.68. The fourth-order valence-electron chi connectivity index (χ4n) is 1.67. The van der Waals surface area contributed by atoms with Crippen molar-refractivity contribution in [3.8, 4) is 0 Å². The number of nitrogens with zero attached hydrogens (tertiary/aromatic N) is 1. The van der Waals surface area contributed by atoms with Crippen molar-refractivity contribution < 1.29 is 13.2 Å². The summed E-state index contributed by atoms with van der Waals surface area (Å²) in [6.45, 7) is 3.83. The van der Waals surface area contributed by atoms with Crippen molar-refractivity contribution in [3.05, 3.63) is 22.4 Å². The lowest BCUT2D eigenvalue weighted by Crippen LogP contribution is -2.45. The van der Waals surface area contributed by atoms with Crippen molar-refractivity contribution in [1.29, 1.82) is 5.41 Å². The molecule has 108 valence electrons. The zero-order chi connectivity index (χ0) is 14.6. The quantitative estimate of drug-likeness (QED) is 0.625. The topological polar surface area (TPSA) is 53.1 Å². The highest BCUT2D eigenvalue weighted by molar-refractivity contribution is 7.09. The molecule has 0 fully saturated rings. The number of nitrogens with one attached hydrogen (secondary N) is 1. The van der Waals surface area contributed by atoms with E-state index >= 15 is 0 Å². The van der Waals surface area contributed by atoms with E-state index in [1.54, 1.807) is 4.90 Å². The van der Waals surface area contributed by atoms with E-state index in [0.29, 0.717) is 6.54 Å². The van der Waals surface area contributed by atoms with E-state index in [2.05, 4.69) is 0 Å². The largest absolute Gasteiger partial charge is 0.399 e. The van der Waals surface area contributed by atoms with Gasteiger partial charge in [-0.1, -0.05) is 6.07 Å². The maximum absolute atomic E-state index is 12.8. The monoisotopic (exact) mass is 293 g/mol. The van der Waals surface area contributed by atoms with Crippen molar-refractivity contribution >= 4 is 17.2 Å². The summed E-state index contributed by atoms with van der Waals surface area (Å²) < 4.78 is 38.5.